The average Bonchev–Trinajstić information content (AvgIpc) is 3.33. The van der Waals surface area contributed by atoms with Crippen molar-refractivity contribution in [1.29, 1.82) is 0 Å². The minimum atomic E-state index is -5.43. The summed E-state index contributed by atoms with van der Waals surface area (Å²) in [7, 11) is -4.20. The van der Waals surface area contributed by atoms with E-state index in [2.05, 4.69) is 25.5 Å². The predicted octanol–water partition coefficient (Wildman–Crippen LogP) is -11.4. The van der Waals surface area contributed by atoms with Crippen LogP contribution >= 0.6 is 0 Å². The summed E-state index contributed by atoms with van der Waals surface area (Å²) in [4.78, 5) is 63.3. The highest BCUT2D eigenvalue weighted by molar-refractivity contribution is 7.80. The number of amides is 5. The number of rotatable bonds is 20. The molecule has 5 rings (SSSR count). The summed E-state index contributed by atoms with van der Waals surface area (Å²) < 4.78 is 91.4. The lowest BCUT2D eigenvalue weighted by Crippen LogP contribution is -2.72. The molecule has 5 heterocycles. The Morgan fingerprint density at radius 3 is 1.12 bits per heavy atom. The van der Waals surface area contributed by atoms with Crippen molar-refractivity contribution >= 4 is 39.9 Å². The maximum atomic E-state index is 12.7. The van der Waals surface area contributed by atoms with E-state index in [-0.39, 0.29) is 0 Å². The molecule has 0 saturated carbocycles. The molecule has 438 valence electrons. The third-order valence-corrected chi connectivity index (χ3v) is 13.5. The van der Waals surface area contributed by atoms with E-state index in [1.54, 1.807) is 0 Å². The van der Waals surface area contributed by atoms with Crippen molar-refractivity contribution in [2.24, 2.45) is 0 Å². The van der Waals surface area contributed by atoms with Crippen LogP contribution < -0.4 is 21.3 Å². The first-order valence-electron chi connectivity index (χ1n) is 23.6. The molecule has 34 nitrogen and oxygen atoms in total. The van der Waals surface area contributed by atoms with Crippen LogP contribution in [0.5, 0.6) is 0 Å². The Morgan fingerprint density at radius 1 is 0.474 bits per heavy atom. The van der Waals surface area contributed by atoms with E-state index in [4.69, 9.17) is 42.6 Å². The summed E-state index contributed by atoms with van der Waals surface area (Å²) >= 11 is 0. The van der Waals surface area contributed by atoms with Crippen molar-refractivity contribution in [2.75, 3.05) is 40.1 Å². The highest BCUT2D eigenvalue weighted by atomic mass is 32.3. The molecule has 0 spiro atoms. The van der Waals surface area contributed by atoms with Gasteiger partial charge in [0.15, 0.2) is 31.5 Å². The van der Waals surface area contributed by atoms with Crippen molar-refractivity contribution in [1.82, 2.24) is 26.2 Å². The van der Waals surface area contributed by atoms with Crippen LogP contribution in [0.1, 0.15) is 34.6 Å². The Balaban J connectivity index is 1.42. The number of aliphatic hydroxyl groups excluding tert-OH is 11. The number of nitrogens with one attached hydrogen (secondary N) is 4. The summed E-state index contributed by atoms with van der Waals surface area (Å²) in [5.74, 6) is -3.98. The third kappa shape index (κ3) is 15.0. The fraction of sp³-hybridized carbons (Fsp3) is 0.878. The smallest absolute Gasteiger partial charge is 0.219 e. The summed E-state index contributed by atoms with van der Waals surface area (Å²) in [5, 5.41) is 130. The van der Waals surface area contributed by atoms with Gasteiger partial charge in [-0.3, -0.25) is 28.2 Å². The molecule has 5 aliphatic heterocycles. The number of carbonyl (C=O) groups excluding carboxylic acids is 5. The highest BCUT2D eigenvalue weighted by Crippen LogP contribution is 2.36. The van der Waals surface area contributed by atoms with E-state index >= 15 is 0 Å². The molecule has 0 bridgehead atoms. The van der Waals surface area contributed by atoms with Gasteiger partial charge in [-0.15, -0.1) is 0 Å². The zero-order valence-electron chi connectivity index (χ0n) is 41.6. The molecule has 35 heteroatoms. The number of aliphatic hydroxyl groups is 11. The van der Waals surface area contributed by atoms with Gasteiger partial charge in [-0.1, -0.05) is 0 Å². The fourth-order valence-electron chi connectivity index (χ4n) is 9.42. The normalized spacial score (nSPS) is 42.1. The molecule has 0 aromatic rings. The number of likely N-dealkylation sites (N-methyl/N-ethyl adjacent to an activating group) is 1. The lowest BCUT2D eigenvalue weighted by molar-refractivity contribution is -0.368. The van der Waals surface area contributed by atoms with E-state index in [9.17, 15) is 93.1 Å². The van der Waals surface area contributed by atoms with Gasteiger partial charge in [0.2, 0.25) is 39.9 Å². The van der Waals surface area contributed by atoms with Gasteiger partial charge < -0.3 is 130 Å². The number of hydrogen-bond donors (Lipinski definition) is 15. The first-order valence-corrected chi connectivity index (χ1v) is 24.9. The largest absolute Gasteiger partial charge is 0.726 e. The van der Waals surface area contributed by atoms with E-state index in [1.165, 1.54) is 7.05 Å². The summed E-state index contributed by atoms with van der Waals surface area (Å²) in [6.07, 6.45) is -37.2. The van der Waals surface area contributed by atoms with Crippen LogP contribution in [0.15, 0.2) is 0 Å². The fourth-order valence-corrected chi connectivity index (χ4v) is 9.72. The second-order valence-corrected chi connectivity index (χ2v) is 19.6. The molecule has 0 aromatic carbocycles. The Hall–Kier alpha value is -3.58. The molecule has 5 amide bonds. The maximum absolute atomic E-state index is 12.7. The first-order chi connectivity index (χ1) is 35.6. The molecule has 5 fully saturated rings. The zero-order chi connectivity index (χ0) is 56.8. The number of nitrogens with zero attached hydrogens (tertiary/aromatic N) is 1. The van der Waals surface area contributed by atoms with Gasteiger partial charge in [0, 0.05) is 41.7 Å². The van der Waals surface area contributed by atoms with Gasteiger partial charge in [0.1, 0.15) is 122 Å². The van der Waals surface area contributed by atoms with Crippen LogP contribution in [0.3, 0.4) is 0 Å². The topological polar surface area (TPSA) is 509 Å². The molecule has 0 radical (unpaired) electrons. The van der Waals surface area contributed by atoms with Gasteiger partial charge >= 0.3 is 0 Å². The van der Waals surface area contributed by atoms with Crippen molar-refractivity contribution in [2.45, 2.75) is 188 Å². The number of hydrogen-bond acceptors (Lipinski definition) is 29. The van der Waals surface area contributed by atoms with Crippen molar-refractivity contribution in [3.8, 4) is 0 Å². The highest BCUT2D eigenvalue weighted by Gasteiger charge is 2.58. The number of carbonyl (C=O) groups is 5. The van der Waals surface area contributed by atoms with Crippen LogP contribution in [0.25, 0.3) is 0 Å². The van der Waals surface area contributed by atoms with Gasteiger partial charge in [0.25, 0.3) is 0 Å². The molecule has 25 atom stereocenters. The van der Waals surface area contributed by atoms with Gasteiger partial charge in [-0.25, -0.2) is 8.42 Å². The van der Waals surface area contributed by atoms with Gasteiger partial charge in [-0.05, 0) is 0 Å². The van der Waals surface area contributed by atoms with Crippen molar-refractivity contribution in [3.63, 3.8) is 0 Å². The summed E-state index contributed by atoms with van der Waals surface area (Å²) in [6.45, 7) is -0.0144. The van der Waals surface area contributed by atoms with Crippen LogP contribution in [0.2, 0.25) is 0 Å². The van der Waals surface area contributed by atoms with E-state index in [0.717, 1.165) is 39.5 Å². The predicted molar refractivity (Wildman–Crippen MR) is 238 cm³/mol. The lowest BCUT2D eigenvalue weighted by Gasteiger charge is -2.51. The van der Waals surface area contributed by atoms with Gasteiger partial charge in [0.05, 0.1) is 33.0 Å². The standard InChI is InChI=1S/C41H69N5O29S/c1-12(51)42-22-28(57)36(21(67-37(22)62)11-66-76(63,64)65)74-40-24(44-14(3)53)30(59)34(19(9-49)70-40)72-38-23(43-13(2)52)29(58)33(18(8-48)69-38)73-39-25(45-15(4)54)31(60)35(20(10-50)71-39)75-41-26(46(6)16(5)55)32(61)27(56)17(7-47)68-41/h17-41,47-50,56-62H,7-11H2,1-6H3,(H,42,51)(H,43,52)(H,44,53)(H,45,54)(H,63,64,65)/p-1. The molecule has 0 aromatic heterocycles. The molecular weight excluding hydrogens is 1060 g/mol. The Bertz CT molecular complexity index is 2090. The third-order valence-electron chi connectivity index (χ3n) is 13.1. The summed E-state index contributed by atoms with van der Waals surface area (Å²) in [6, 6.07) is -8.49. The minimum absolute atomic E-state index is 0.640. The first kappa shape index (κ1) is 63.3. The number of ether oxygens (including phenoxy) is 9. The molecule has 5 saturated heterocycles. The second-order valence-electron chi connectivity index (χ2n) is 18.5. The SMILES string of the molecule is CC(=O)NC1C(O)OC(COS(=O)(=O)[O-])C(OC2OC(CO)C(OC3OC(CO)C(OC4OC(CO)C(OC5OC(CO)C(O)C(O)C5N(C)C(C)=O)C(O)C4NC(C)=O)C(O)C3NC(C)=O)C(O)C2NC(C)=O)C1O. The zero-order valence-corrected chi connectivity index (χ0v) is 42.4. The Kier molecular flexibility index (Phi) is 22.5. The van der Waals surface area contributed by atoms with E-state index in [0.29, 0.717) is 0 Å². The van der Waals surface area contributed by atoms with Crippen molar-refractivity contribution < 1.29 is 140 Å². The molecule has 25 unspecified atom stereocenters. The van der Waals surface area contributed by atoms with Crippen LogP contribution in [0, 0.1) is 0 Å². The molecular formula is C41H68N5O29S-. The summed E-state index contributed by atoms with van der Waals surface area (Å²) in [5.41, 5.74) is 0. The van der Waals surface area contributed by atoms with Crippen LogP contribution in [0.4, 0.5) is 0 Å². The monoisotopic (exact) mass is 1130 g/mol. The molecule has 0 aliphatic carbocycles. The minimum Gasteiger partial charge on any atom is -0.726 e. The van der Waals surface area contributed by atoms with E-state index in [1.807, 2.05) is 0 Å². The van der Waals surface area contributed by atoms with Crippen molar-refractivity contribution in [3.05, 3.63) is 0 Å². The quantitative estimate of drug-likeness (QED) is 0.0398. The molecule has 5 aliphatic rings. The lowest BCUT2D eigenvalue weighted by atomic mass is 9.93. The van der Waals surface area contributed by atoms with Crippen LogP contribution in [-0.4, -0.2) is 297 Å². The van der Waals surface area contributed by atoms with Crippen LogP contribution in [-0.2, 0) is 81.2 Å². The molecule has 76 heavy (non-hydrogen) atoms. The average molecular weight is 1130 g/mol. The molecule has 15 N–H and O–H groups in total. The van der Waals surface area contributed by atoms with Gasteiger partial charge in [-0.2, -0.15) is 0 Å². The maximum Gasteiger partial charge on any atom is 0.219 e. The Labute approximate surface area is 433 Å². The Morgan fingerprint density at radius 2 is 0.789 bits per heavy atom. The second kappa shape index (κ2) is 27.1. The van der Waals surface area contributed by atoms with E-state index < -0.39 is 226 Å².